The molecule has 1 aliphatic rings. The minimum Gasteiger partial charge on any atom is -0.546 e. The first-order valence-corrected chi connectivity index (χ1v) is 8.56. The number of carbonyl (C=O) groups excluding carboxylic acids is 3. The average Bonchev–Trinajstić information content (AvgIpc) is 2.89. The number of ether oxygens (including phenoxy) is 1. The van der Waals surface area contributed by atoms with Gasteiger partial charge < -0.3 is 14.6 Å². The first-order chi connectivity index (χ1) is 12.5. The standard InChI is InChI=1S/C19H15NO5S/c21-17(22)12-25-15-8-6-13(7-9-15)10-16-18(23)20(19(24)26-16)11-14-4-2-1-3-5-14/h1-10H,11-12H2,(H,21,22)/p-1/b16-10-. The number of amides is 2. The van der Waals surface area contributed by atoms with Crippen LogP contribution in [0, 0.1) is 0 Å². The average molecular weight is 368 g/mol. The van der Waals surface area contributed by atoms with Crippen LogP contribution < -0.4 is 9.84 Å². The van der Waals surface area contributed by atoms with Crippen LogP contribution in [-0.2, 0) is 16.1 Å². The van der Waals surface area contributed by atoms with Gasteiger partial charge in [-0.3, -0.25) is 14.5 Å². The van der Waals surface area contributed by atoms with Crippen molar-refractivity contribution in [1.82, 2.24) is 4.90 Å². The number of carboxylic acid groups (broad SMARTS) is 1. The summed E-state index contributed by atoms with van der Waals surface area (Å²) in [5.41, 5.74) is 1.58. The molecule has 0 N–H and O–H groups in total. The summed E-state index contributed by atoms with van der Waals surface area (Å²) < 4.78 is 5.00. The lowest BCUT2D eigenvalue weighted by Gasteiger charge is -2.12. The fourth-order valence-corrected chi connectivity index (χ4v) is 3.19. The molecule has 0 atom stereocenters. The van der Waals surface area contributed by atoms with E-state index in [2.05, 4.69) is 0 Å². The van der Waals surface area contributed by atoms with Crippen LogP contribution in [0.5, 0.6) is 5.75 Å². The molecule has 2 aromatic rings. The van der Waals surface area contributed by atoms with Crippen LogP contribution in [0.15, 0.2) is 59.5 Å². The van der Waals surface area contributed by atoms with Gasteiger partial charge in [0, 0.05) is 0 Å². The highest BCUT2D eigenvalue weighted by Gasteiger charge is 2.34. The first kappa shape index (κ1) is 17.8. The van der Waals surface area contributed by atoms with E-state index in [9.17, 15) is 19.5 Å². The van der Waals surface area contributed by atoms with Gasteiger partial charge in [0.1, 0.15) is 12.4 Å². The molecule has 0 bridgehead atoms. The zero-order chi connectivity index (χ0) is 18.5. The maximum absolute atomic E-state index is 12.5. The lowest BCUT2D eigenvalue weighted by Crippen LogP contribution is -2.28. The Balaban J connectivity index is 1.70. The molecule has 0 saturated carbocycles. The van der Waals surface area contributed by atoms with Crippen molar-refractivity contribution in [1.29, 1.82) is 0 Å². The number of rotatable bonds is 6. The highest BCUT2D eigenvalue weighted by Crippen LogP contribution is 2.33. The summed E-state index contributed by atoms with van der Waals surface area (Å²) in [5.74, 6) is -1.26. The third kappa shape index (κ3) is 4.31. The second-order valence-electron chi connectivity index (χ2n) is 5.48. The molecule has 0 spiro atoms. The molecular formula is C19H14NO5S-. The quantitative estimate of drug-likeness (QED) is 0.726. The summed E-state index contributed by atoms with van der Waals surface area (Å²) in [5, 5.41) is 10.1. The van der Waals surface area contributed by atoms with Crippen molar-refractivity contribution < 1.29 is 24.2 Å². The van der Waals surface area contributed by atoms with Crippen LogP contribution in [-0.4, -0.2) is 28.6 Å². The van der Waals surface area contributed by atoms with E-state index in [4.69, 9.17) is 4.74 Å². The molecule has 7 heteroatoms. The van der Waals surface area contributed by atoms with Crippen molar-refractivity contribution in [2.24, 2.45) is 0 Å². The summed E-state index contributed by atoms with van der Waals surface area (Å²) in [4.78, 5) is 36.6. The van der Waals surface area contributed by atoms with Crippen LogP contribution in [0.4, 0.5) is 4.79 Å². The fraction of sp³-hybridized carbons (Fsp3) is 0.105. The van der Waals surface area contributed by atoms with Crippen LogP contribution in [0.1, 0.15) is 11.1 Å². The van der Waals surface area contributed by atoms with E-state index >= 15 is 0 Å². The zero-order valence-corrected chi connectivity index (χ0v) is 14.4. The van der Waals surface area contributed by atoms with Crippen molar-refractivity contribution in [2.75, 3.05) is 6.61 Å². The second-order valence-corrected chi connectivity index (χ2v) is 6.48. The van der Waals surface area contributed by atoms with Crippen molar-refractivity contribution in [2.45, 2.75) is 6.54 Å². The van der Waals surface area contributed by atoms with Gasteiger partial charge >= 0.3 is 0 Å². The number of carbonyl (C=O) groups is 3. The molecule has 0 aromatic heterocycles. The Morgan fingerprint density at radius 1 is 1.08 bits per heavy atom. The maximum atomic E-state index is 12.5. The van der Waals surface area contributed by atoms with Gasteiger partial charge in [-0.1, -0.05) is 42.5 Å². The summed E-state index contributed by atoms with van der Waals surface area (Å²) in [6, 6.07) is 15.8. The topological polar surface area (TPSA) is 86.7 Å². The van der Waals surface area contributed by atoms with Crippen LogP contribution in [0.2, 0.25) is 0 Å². The fourth-order valence-electron chi connectivity index (χ4n) is 2.36. The number of aliphatic carboxylic acids is 1. The number of carboxylic acids is 1. The Kier molecular flexibility index (Phi) is 5.38. The van der Waals surface area contributed by atoms with Crippen molar-refractivity contribution >= 4 is 35.0 Å². The molecule has 0 aliphatic carbocycles. The molecule has 6 nitrogen and oxygen atoms in total. The number of imide groups is 1. The molecule has 0 radical (unpaired) electrons. The number of nitrogens with zero attached hydrogens (tertiary/aromatic N) is 1. The number of thioether (sulfide) groups is 1. The van der Waals surface area contributed by atoms with E-state index in [1.54, 1.807) is 30.3 Å². The summed E-state index contributed by atoms with van der Waals surface area (Å²) >= 11 is 0.896. The smallest absolute Gasteiger partial charge is 0.293 e. The Labute approximate surface area is 154 Å². The Hall–Kier alpha value is -3.06. The van der Waals surface area contributed by atoms with E-state index in [0.29, 0.717) is 16.2 Å². The van der Waals surface area contributed by atoms with Gasteiger partial charge in [0.25, 0.3) is 11.1 Å². The predicted molar refractivity (Wildman–Crippen MR) is 94.9 cm³/mol. The van der Waals surface area contributed by atoms with Crippen LogP contribution in [0.25, 0.3) is 6.08 Å². The molecule has 26 heavy (non-hydrogen) atoms. The number of hydrogen-bond donors (Lipinski definition) is 0. The van der Waals surface area contributed by atoms with E-state index < -0.39 is 12.6 Å². The van der Waals surface area contributed by atoms with Crippen molar-refractivity contribution in [3.8, 4) is 5.75 Å². The minimum atomic E-state index is -1.30. The molecule has 0 unspecified atom stereocenters. The van der Waals surface area contributed by atoms with E-state index in [1.165, 1.54) is 4.90 Å². The lowest BCUT2D eigenvalue weighted by molar-refractivity contribution is -0.307. The highest BCUT2D eigenvalue weighted by atomic mass is 32.2. The number of benzene rings is 2. The van der Waals surface area contributed by atoms with Crippen molar-refractivity contribution in [3.63, 3.8) is 0 Å². The molecule has 132 valence electrons. The Morgan fingerprint density at radius 3 is 2.42 bits per heavy atom. The predicted octanol–water partition coefficient (Wildman–Crippen LogP) is 2.05. The molecule has 1 fully saturated rings. The Bertz CT molecular complexity index is 861. The molecule has 1 aliphatic heterocycles. The molecule has 1 saturated heterocycles. The largest absolute Gasteiger partial charge is 0.546 e. The lowest BCUT2D eigenvalue weighted by atomic mass is 10.2. The SMILES string of the molecule is O=C([O-])COc1ccc(/C=C2\SC(=O)N(Cc3ccccc3)C2=O)cc1. The monoisotopic (exact) mass is 368 g/mol. The van der Waals surface area contributed by atoms with Gasteiger partial charge in [-0.2, -0.15) is 0 Å². The summed E-state index contributed by atoms with van der Waals surface area (Å²) in [6.07, 6.45) is 1.62. The zero-order valence-electron chi connectivity index (χ0n) is 13.6. The second kappa shape index (κ2) is 7.88. The number of hydrogen-bond acceptors (Lipinski definition) is 6. The highest BCUT2D eigenvalue weighted by molar-refractivity contribution is 8.18. The maximum Gasteiger partial charge on any atom is 0.293 e. The third-order valence-corrected chi connectivity index (χ3v) is 4.50. The van der Waals surface area contributed by atoms with E-state index in [-0.39, 0.29) is 17.7 Å². The van der Waals surface area contributed by atoms with Crippen molar-refractivity contribution in [3.05, 3.63) is 70.6 Å². The van der Waals surface area contributed by atoms with Gasteiger partial charge in [0.2, 0.25) is 0 Å². The molecule has 3 rings (SSSR count). The molecule has 1 heterocycles. The Morgan fingerprint density at radius 2 is 1.77 bits per heavy atom. The first-order valence-electron chi connectivity index (χ1n) is 7.75. The third-order valence-electron chi connectivity index (χ3n) is 3.59. The summed E-state index contributed by atoms with van der Waals surface area (Å²) in [7, 11) is 0. The molecule has 2 aromatic carbocycles. The van der Waals surface area contributed by atoms with Gasteiger partial charge in [-0.15, -0.1) is 0 Å². The van der Waals surface area contributed by atoms with Gasteiger partial charge in [-0.05, 0) is 41.1 Å². The molecular weight excluding hydrogens is 354 g/mol. The van der Waals surface area contributed by atoms with Gasteiger partial charge in [0.05, 0.1) is 17.4 Å². The van der Waals surface area contributed by atoms with Crippen LogP contribution in [0.3, 0.4) is 0 Å². The normalized spacial score (nSPS) is 15.5. The van der Waals surface area contributed by atoms with E-state index in [0.717, 1.165) is 17.3 Å². The van der Waals surface area contributed by atoms with E-state index in [1.807, 2.05) is 30.3 Å². The minimum absolute atomic E-state index is 0.235. The van der Waals surface area contributed by atoms with Crippen LogP contribution >= 0.6 is 11.8 Å². The molecule has 2 amide bonds. The van der Waals surface area contributed by atoms with Gasteiger partial charge in [-0.25, -0.2) is 0 Å². The van der Waals surface area contributed by atoms with Gasteiger partial charge in [0.15, 0.2) is 0 Å². The summed E-state index contributed by atoms with van der Waals surface area (Å²) in [6.45, 7) is -0.295.